The summed E-state index contributed by atoms with van der Waals surface area (Å²) in [5.74, 6) is -1.11. The standard InChI is InChI=1S/C24H20O2/c1-15-9-8-10-16(2)20(15)21(17-11-4-3-5-12-17)22-23(25)18-13-6-7-14-19(18)24(22)26/h3-14,21-22H,1-2H3. The second-order valence-electron chi connectivity index (χ2n) is 6.95. The van der Waals surface area contributed by atoms with Crippen molar-refractivity contribution in [1.82, 2.24) is 0 Å². The van der Waals surface area contributed by atoms with Gasteiger partial charge in [0, 0.05) is 17.0 Å². The summed E-state index contributed by atoms with van der Waals surface area (Å²) in [5, 5.41) is 0. The van der Waals surface area contributed by atoms with Crippen LogP contribution in [0.15, 0.2) is 72.8 Å². The van der Waals surface area contributed by atoms with E-state index in [-0.39, 0.29) is 17.5 Å². The van der Waals surface area contributed by atoms with Gasteiger partial charge in [0.25, 0.3) is 0 Å². The Morgan fingerprint density at radius 2 is 1.15 bits per heavy atom. The van der Waals surface area contributed by atoms with Crippen molar-refractivity contribution in [3.8, 4) is 0 Å². The molecule has 0 saturated carbocycles. The van der Waals surface area contributed by atoms with Gasteiger partial charge in [0.1, 0.15) is 0 Å². The number of benzene rings is 3. The van der Waals surface area contributed by atoms with Crippen LogP contribution < -0.4 is 0 Å². The number of hydrogen-bond donors (Lipinski definition) is 0. The molecule has 0 fully saturated rings. The molecule has 0 N–H and O–H groups in total. The first kappa shape index (κ1) is 16.5. The Balaban J connectivity index is 1.94. The van der Waals surface area contributed by atoms with E-state index in [1.807, 2.05) is 48.5 Å². The molecule has 26 heavy (non-hydrogen) atoms. The lowest BCUT2D eigenvalue weighted by Gasteiger charge is -2.26. The van der Waals surface area contributed by atoms with Gasteiger partial charge >= 0.3 is 0 Å². The van der Waals surface area contributed by atoms with Gasteiger partial charge in [-0.15, -0.1) is 0 Å². The summed E-state index contributed by atoms with van der Waals surface area (Å²) in [6.45, 7) is 4.10. The lowest BCUT2D eigenvalue weighted by molar-refractivity contribution is 0.0825. The van der Waals surface area contributed by atoms with Gasteiger partial charge in [0.05, 0.1) is 5.92 Å². The summed E-state index contributed by atoms with van der Waals surface area (Å²) in [5.41, 5.74) is 5.40. The average molecular weight is 340 g/mol. The Morgan fingerprint density at radius 3 is 1.69 bits per heavy atom. The van der Waals surface area contributed by atoms with Gasteiger partial charge in [-0.3, -0.25) is 9.59 Å². The topological polar surface area (TPSA) is 34.1 Å². The summed E-state index contributed by atoms with van der Waals surface area (Å²) in [6, 6.07) is 23.2. The third-order valence-corrected chi connectivity index (χ3v) is 5.37. The van der Waals surface area contributed by atoms with Crippen LogP contribution in [0.2, 0.25) is 0 Å². The van der Waals surface area contributed by atoms with Gasteiger partial charge in [-0.05, 0) is 36.1 Å². The van der Waals surface area contributed by atoms with Crippen LogP contribution in [0.5, 0.6) is 0 Å². The Morgan fingerprint density at radius 1 is 0.654 bits per heavy atom. The lowest BCUT2D eigenvalue weighted by Crippen LogP contribution is -2.26. The van der Waals surface area contributed by atoms with Crippen LogP contribution in [-0.4, -0.2) is 11.6 Å². The van der Waals surface area contributed by atoms with Gasteiger partial charge in [-0.25, -0.2) is 0 Å². The summed E-state index contributed by atoms with van der Waals surface area (Å²) >= 11 is 0. The lowest BCUT2D eigenvalue weighted by atomic mass is 9.75. The fraction of sp³-hybridized carbons (Fsp3) is 0.167. The van der Waals surface area contributed by atoms with E-state index in [4.69, 9.17) is 0 Å². The SMILES string of the molecule is Cc1cccc(C)c1C(c1ccccc1)C1C(=O)c2ccccc2C1=O. The van der Waals surface area contributed by atoms with Crippen LogP contribution in [0.4, 0.5) is 0 Å². The van der Waals surface area contributed by atoms with Crippen LogP contribution in [0.3, 0.4) is 0 Å². The number of ketones is 2. The van der Waals surface area contributed by atoms with Crippen LogP contribution in [0.25, 0.3) is 0 Å². The van der Waals surface area contributed by atoms with Crippen molar-refractivity contribution in [2.24, 2.45) is 5.92 Å². The predicted molar refractivity (Wildman–Crippen MR) is 103 cm³/mol. The van der Waals surface area contributed by atoms with E-state index >= 15 is 0 Å². The molecule has 3 aromatic carbocycles. The molecule has 0 bridgehead atoms. The van der Waals surface area contributed by atoms with Gasteiger partial charge in [0.2, 0.25) is 0 Å². The fourth-order valence-electron chi connectivity index (χ4n) is 4.17. The summed E-state index contributed by atoms with van der Waals surface area (Å²) < 4.78 is 0. The maximum Gasteiger partial charge on any atom is 0.175 e. The number of hydrogen-bond acceptors (Lipinski definition) is 2. The van der Waals surface area contributed by atoms with E-state index < -0.39 is 5.92 Å². The molecule has 1 unspecified atom stereocenters. The minimum Gasteiger partial charge on any atom is -0.293 e. The zero-order chi connectivity index (χ0) is 18.3. The third kappa shape index (κ3) is 2.50. The summed E-state index contributed by atoms with van der Waals surface area (Å²) in [6.07, 6.45) is 0. The molecule has 1 atom stereocenters. The van der Waals surface area contributed by atoms with Crippen LogP contribution in [-0.2, 0) is 0 Å². The Hall–Kier alpha value is -3.00. The zero-order valence-corrected chi connectivity index (χ0v) is 14.9. The van der Waals surface area contributed by atoms with Gasteiger partial charge < -0.3 is 0 Å². The number of carbonyl (C=O) groups is 2. The Kier molecular flexibility index (Phi) is 4.04. The molecule has 1 aliphatic carbocycles. The van der Waals surface area contributed by atoms with E-state index in [9.17, 15) is 9.59 Å². The highest BCUT2D eigenvalue weighted by Gasteiger charge is 2.44. The van der Waals surface area contributed by atoms with Gasteiger partial charge in [0.15, 0.2) is 11.6 Å². The molecule has 0 heterocycles. The molecule has 0 amide bonds. The van der Waals surface area contributed by atoms with Crippen molar-refractivity contribution >= 4 is 11.6 Å². The monoisotopic (exact) mass is 340 g/mol. The second-order valence-corrected chi connectivity index (χ2v) is 6.95. The Labute approximate surface area is 153 Å². The molecular formula is C24H20O2. The molecule has 2 heteroatoms. The highest BCUT2D eigenvalue weighted by atomic mass is 16.2. The molecule has 3 aromatic rings. The minimum atomic E-state index is -0.699. The van der Waals surface area contributed by atoms with Crippen LogP contribution in [0.1, 0.15) is 48.9 Å². The summed E-state index contributed by atoms with van der Waals surface area (Å²) in [7, 11) is 0. The van der Waals surface area contributed by atoms with Crippen LogP contribution >= 0.6 is 0 Å². The first-order chi connectivity index (χ1) is 12.6. The predicted octanol–water partition coefficient (Wildman–Crippen LogP) is 5.13. The third-order valence-electron chi connectivity index (χ3n) is 5.37. The molecule has 0 aromatic heterocycles. The molecule has 4 rings (SSSR count). The van der Waals surface area contributed by atoms with Crippen molar-refractivity contribution in [3.05, 3.63) is 106 Å². The van der Waals surface area contributed by atoms with Crippen molar-refractivity contribution in [2.45, 2.75) is 19.8 Å². The molecular weight excluding hydrogens is 320 g/mol. The first-order valence-corrected chi connectivity index (χ1v) is 8.88. The van der Waals surface area contributed by atoms with E-state index in [1.165, 1.54) is 0 Å². The van der Waals surface area contributed by atoms with Crippen molar-refractivity contribution in [3.63, 3.8) is 0 Å². The van der Waals surface area contributed by atoms with Gasteiger partial charge in [-0.2, -0.15) is 0 Å². The zero-order valence-electron chi connectivity index (χ0n) is 14.9. The van der Waals surface area contributed by atoms with E-state index in [0.717, 1.165) is 22.3 Å². The maximum absolute atomic E-state index is 13.2. The molecule has 1 aliphatic rings. The number of Topliss-reactive ketones (excluding diaryl/α,β-unsaturated/α-hetero) is 2. The van der Waals surface area contributed by atoms with Crippen molar-refractivity contribution in [1.29, 1.82) is 0 Å². The van der Waals surface area contributed by atoms with Crippen LogP contribution in [0, 0.1) is 19.8 Å². The molecule has 0 radical (unpaired) electrons. The first-order valence-electron chi connectivity index (χ1n) is 8.88. The Bertz CT molecular complexity index is 946. The van der Waals surface area contributed by atoms with Crippen molar-refractivity contribution in [2.75, 3.05) is 0 Å². The normalized spacial score (nSPS) is 15.2. The number of fused-ring (bicyclic) bond motifs is 1. The molecule has 128 valence electrons. The number of rotatable bonds is 3. The largest absolute Gasteiger partial charge is 0.293 e. The average Bonchev–Trinajstić information content (AvgIpc) is 2.91. The minimum absolute atomic E-state index is 0.0675. The molecule has 2 nitrogen and oxygen atoms in total. The van der Waals surface area contributed by atoms with Gasteiger partial charge in [-0.1, -0.05) is 72.8 Å². The van der Waals surface area contributed by atoms with E-state index in [1.54, 1.807) is 12.1 Å². The fourth-order valence-corrected chi connectivity index (χ4v) is 4.17. The van der Waals surface area contributed by atoms with E-state index in [0.29, 0.717) is 11.1 Å². The second kappa shape index (κ2) is 6.38. The quantitative estimate of drug-likeness (QED) is 0.619. The summed E-state index contributed by atoms with van der Waals surface area (Å²) in [4.78, 5) is 26.4. The number of carbonyl (C=O) groups excluding carboxylic acids is 2. The number of aryl methyl sites for hydroxylation is 2. The van der Waals surface area contributed by atoms with E-state index in [2.05, 4.69) is 26.0 Å². The molecule has 0 saturated heterocycles. The molecule has 0 spiro atoms. The molecule has 0 aliphatic heterocycles. The highest BCUT2D eigenvalue weighted by Crippen LogP contribution is 2.42. The highest BCUT2D eigenvalue weighted by molar-refractivity contribution is 6.27. The maximum atomic E-state index is 13.2. The smallest absolute Gasteiger partial charge is 0.175 e. The van der Waals surface area contributed by atoms with Crippen molar-refractivity contribution < 1.29 is 9.59 Å².